The Morgan fingerprint density at radius 3 is 2.41 bits per heavy atom. The second-order valence-corrected chi connectivity index (χ2v) is 6.47. The van der Waals surface area contributed by atoms with Crippen LogP contribution in [0.15, 0.2) is 42.7 Å². The molecule has 0 atom stereocenters. The third-order valence-electron chi connectivity index (χ3n) is 2.79. The molecule has 0 radical (unpaired) electrons. The van der Waals surface area contributed by atoms with Crippen LogP contribution in [0.1, 0.15) is 5.69 Å². The zero-order valence-corrected chi connectivity index (χ0v) is 13.0. The Bertz CT molecular complexity index is 794. The average molecular weight is 358 g/mol. The van der Waals surface area contributed by atoms with Crippen LogP contribution in [0, 0.1) is 0 Å². The van der Waals surface area contributed by atoms with E-state index in [9.17, 15) is 4.79 Å². The van der Waals surface area contributed by atoms with Crippen molar-refractivity contribution < 1.29 is 4.79 Å². The molecule has 0 unspecified atom stereocenters. The minimum absolute atomic E-state index is 0.0317. The zero-order valence-electron chi connectivity index (χ0n) is 10.8. The molecule has 1 aromatic carbocycles. The number of alkyl halides is 3. The van der Waals surface area contributed by atoms with Crippen LogP contribution in [-0.4, -0.2) is 36.0 Å². The highest BCUT2D eigenvalue weighted by Crippen LogP contribution is 2.42. The minimum atomic E-state index is -1.90. The summed E-state index contributed by atoms with van der Waals surface area (Å²) in [6, 6.07) is 8.32. The van der Waals surface area contributed by atoms with Crippen LogP contribution in [0.4, 0.5) is 4.79 Å². The van der Waals surface area contributed by atoms with Crippen molar-refractivity contribution in [2.24, 2.45) is 0 Å². The first-order valence-corrected chi connectivity index (χ1v) is 7.11. The molecule has 10 heteroatoms. The summed E-state index contributed by atoms with van der Waals surface area (Å²) in [6.07, 6.45) is 2.70. The number of benzene rings is 1. The minimum Gasteiger partial charge on any atom is -0.243 e. The van der Waals surface area contributed by atoms with E-state index in [2.05, 4.69) is 20.6 Å². The van der Waals surface area contributed by atoms with Crippen molar-refractivity contribution in [1.82, 2.24) is 30.0 Å². The number of aromatic nitrogens is 6. The molecular formula is C12H7Cl3N6O. The molecule has 112 valence electrons. The Hall–Kier alpha value is -1.96. The molecule has 0 aliphatic heterocycles. The van der Waals surface area contributed by atoms with Crippen LogP contribution >= 0.6 is 34.8 Å². The van der Waals surface area contributed by atoms with Gasteiger partial charge in [0.15, 0.2) is 0 Å². The van der Waals surface area contributed by atoms with Gasteiger partial charge >= 0.3 is 6.03 Å². The van der Waals surface area contributed by atoms with Crippen molar-refractivity contribution in [3.63, 3.8) is 0 Å². The van der Waals surface area contributed by atoms with Crippen molar-refractivity contribution in [1.29, 1.82) is 0 Å². The Labute approximate surface area is 139 Å². The fraction of sp³-hybridized carbons (Fsp3) is 0.0833. The quantitative estimate of drug-likeness (QED) is 0.626. The normalized spacial score (nSPS) is 11.6. The molecular weight excluding hydrogens is 351 g/mol. The van der Waals surface area contributed by atoms with E-state index >= 15 is 0 Å². The fourth-order valence-corrected chi connectivity index (χ4v) is 2.38. The Kier molecular flexibility index (Phi) is 3.86. The van der Waals surface area contributed by atoms with Gasteiger partial charge in [-0.05, 0) is 0 Å². The Morgan fingerprint density at radius 1 is 1.09 bits per heavy atom. The fourth-order valence-electron chi connectivity index (χ4n) is 1.87. The van der Waals surface area contributed by atoms with E-state index in [1.54, 1.807) is 24.3 Å². The van der Waals surface area contributed by atoms with Gasteiger partial charge < -0.3 is 0 Å². The molecule has 7 nitrogen and oxygen atoms in total. The Morgan fingerprint density at radius 2 is 1.82 bits per heavy atom. The number of nitrogens with zero attached hydrogens (tertiary/aromatic N) is 6. The SMILES string of the molecule is O=C(n1ccnn1)n1nnc(-c2ccccc2)c1C(Cl)(Cl)Cl. The van der Waals surface area contributed by atoms with Crippen LogP contribution in [0.25, 0.3) is 11.3 Å². The number of carbonyl (C=O) groups is 1. The number of carbonyl (C=O) groups excluding carboxylic acids is 1. The van der Waals surface area contributed by atoms with Gasteiger partial charge in [0.25, 0.3) is 0 Å². The summed E-state index contributed by atoms with van der Waals surface area (Å²) in [7, 11) is 0. The molecule has 0 fully saturated rings. The summed E-state index contributed by atoms with van der Waals surface area (Å²) in [5.74, 6) is 0. The molecule has 0 saturated heterocycles. The first-order valence-electron chi connectivity index (χ1n) is 5.98. The maximum Gasteiger partial charge on any atom is 0.372 e. The monoisotopic (exact) mass is 356 g/mol. The van der Waals surface area contributed by atoms with Crippen LogP contribution in [0.5, 0.6) is 0 Å². The zero-order chi connectivity index (χ0) is 15.7. The summed E-state index contributed by atoms with van der Waals surface area (Å²) >= 11 is 18.0. The first kappa shape index (κ1) is 15.0. The average Bonchev–Trinajstić information content (AvgIpc) is 3.16. The summed E-state index contributed by atoms with van der Waals surface area (Å²) in [5.41, 5.74) is 1.000. The van der Waals surface area contributed by atoms with E-state index < -0.39 is 9.82 Å². The number of rotatable bonds is 1. The lowest BCUT2D eigenvalue weighted by atomic mass is 10.1. The molecule has 0 N–H and O–H groups in total. The van der Waals surface area contributed by atoms with Crippen LogP contribution in [-0.2, 0) is 3.79 Å². The number of hydrogen-bond donors (Lipinski definition) is 0. The molecule has 2 aromatic heterocycles. The van der Waals surface area contributed by atoms with Gasteiger partial charge in [-0.1, -0.05) is 75.6 Å². The molecule has 0 spiro atoms. The largest absolute Gasteiger partial charge is 0.372 e. The summed E-state index contributed by atoms with van der Waals surface area (Å²) in [4.78, 5) is 12.4. The van der Waals surface area contributed by atoms with Crippen molar-refractivity contribution in [3.8, 4) is 11.3 Å². The van der Waals surface area contributed by atoms with Gasteiger partial charge in [0.2, 0.25) is 3.79 Å². The molecule has 0 amide bonds. The smallest absolute Gasteiger partial charge is 0.243 e. The lowest BCUT2D eigenvalue weighted by Crippen LogP contribution is -2.26. The van der Waals surface area contributed by atoms with Gasteiger partial charge in [-0.25, -0.2) is 4.79 Å². The molecule has 0 saturated carbocycles. The van der Waals surface area contributed by atoms with E-state index in [-0.39, 0.29) is 5.69 Å². The highest BCUT2D eigenvalue weighted by Gasteiger charge is 2.35. The summed E-state index contributed by atoms with van der Waals surface area (Å²) < 4.78 is -0.0434. The van der Waals surface area contributed by atoms with Crippen LogP contribution in [0.2, 0.25) is 0 Å². The summed E-state index contributed by atoms with van der Waals surface area (Å²) in [5, 5.41) is 14.9. The maximum atomic E-state index is 12.4. The van der Waals surface area contributed by atoms with Crippen molar-refractivity contribution >= 4 is 40.8 Å². The molecule has 3 aromatic rings. The lowest BCUT2D eigenvalue weighted by Gasteiger charge is -2.13. The van der Waals surface area contributed by atoms with E-state index in [0.29, 0.717) is 11.3 Å². The predicted octanol–water partition coefficient (Wildman–Crippen LogP) is 2.88. The van der Waals surface area contributed by atoms with E-state index in [1.807, 2.05) is 6.07 Å². The van der Waals surface area contributed by atoms with Crippen LogP contribution < -0.4 is 0 Å². The molecule has 22 heavy (non-hydrogen) atoms. The molecule has 2 heterocycles. The van der Waals surface area contributed by atoms with E-state index in [1.165, 1.54) is 12.4 Å². The van der Waals surface area contributed by atoms with Gasteiger partial charge in [-0.3, -0.25) is 0 Å². The highest BCUT2D eigenvalue weighted by atomic mass is 35.6. The standard InChI is InChI=1S/C12H7Cl3N6O/c13-12(14,15)10-9(8-4-2-1-3-5-8)17-19-21(10)11(22)20-7-6-16-18-20/h1-7H. The third kappa shape index (κ3) is 2.70. The number of halogens is 3. The van der Waals surface area contributed by atoms with Gasteiger partial charge in [0, 0.05) is 5.56 Å². The first-order chi connectivity index (χ1) is 10.5. The van der Waals surface area contributed by atoms with Gasteiger partial charge in [-0.2, -0.15) is 9.36 Å². The van der Waals surface area contributed by atoms with Crippen molar-refractivity contribution in [2.75, 3.05) is 0 Å². The number of hydrogen-bond acceptors (Lipinski definition) is 5. The molecule has 3 rings (SSSR count). The predicted molar refractivity (Wildman–Crippen MR) is 80.9 cm³/mol. The molecule has 0 bridgehead atoms. The van der Waals surface area contributed by atoms with Gasteiger partial charge in [0.05, 0.1) is 12.4 Å². The van der Waals surface area contributed by atoms with E-state index in [4.69, 9.17) is 34.8 Å². The second kappa shape index (κ2) is 5.68. The Balaban J connectivity index is 2.17. The van der Waals surface area contributed by atoms with Gasteiger partial charge in [-0.15, -0.1) is 10.2 Å². The maximum absolute atomic E-state index is 12.4. The topological polar surface area (TPSA) is 78.5 Å². The highest BCUT2D eigenvalue weighted by molar-refractivity contribution is 6.66. The molecule has 0 aliphatic carbocycles. The third-order valence-corrected chi connectivity index (χ3v) is 3.32. The van der Waals surface area contributed by atoms with Crippen LogP contribution in [0.3, 0.4) is 0 Å². The summed E-state index contributed by atoms with van der Waals surface area (Å²) in [6.45, 7) is 0. The lowest BCUT2D eigenvalue weighted by molar-refractivity contribution is 0.236. The van der Waals surface area contributed by atoms with Crippen molar-refractivity contribution in [2.45, 2.75) is 3.79 Å². The van der Waals surface area contributed by atoms with E-state index in [0.717, 1.165) is 9.36 Å². The van der Waals surface area contributed by atoms with Crippen molar-refractivity contribution in [3.05, 3.63) is 48.4 Å². The molecule has 0 aliphatic rings. The van der Waals surface area contributed by atoms with Gasteiger partial charge in [0.1, 0.15) is 11.4 Å². The second-order valence-electron chi connectivity index (χ2n) is 4.19.